The zero-order valence-corrected chi connectivity index (χ0v) is 11.1. The standard InChI is InChI=1S/C13H22N2O2/c1-15(2)6-5-14-10-11-7-12(16-3)9-13(8-11)17-4/h7-9,14H,5-6,10H2,1-4H3. The molecule has 0 radical (unpaired) electrons. The van der Waals surface area contributed by atoms with Crippen LogP contribution in [0.3, 0.4) is 0 Å². The van der Waals surface area contributed by atoms with Crippen LogP contribution >= 0.6 is 0 Å². The van der Waals surface area contributed by atoms with Gasteiger partial charge in [0.2, 0.25) is 0 Å². The summed E-state index contributed by atoms with van der Waals surface area (Å²) in [5.41, 5.74) is 1.17. The zero-order chi connectivity index (χ0) is 12.7. The van der Waals surface area contributed by atoms with E-state index in [-0.39, 0.29) is 0 Å². The van der Waals surface area contributed by atoms with E-state index in [1.54, 1.807) is 14.2 Å². The lowest BCUT2D eigenvalue weighted by Crippen LogP contribution is -2.26. The molecular weight excluding hydrogens is 216 g/mol. The normalized spacial score (nSPS) is 10.6. The first-order valence-electron chi connectivity index (χ1n) is 5.73. The maximum Gasteiger partial charge on any atom is 0.122 e. The van der Waals surface area contributed by atoms with Crippen LogP contribution in [0.1, 0.15) is 5.56 Å². The maximum absolute atomic E-state index is 5.23. The van der Waals surface area contributed by atoms with Crippen molar-refractivity contribution < 1.29 is 9.47 Å². The molecular formula is C13H22N2O2. The van der Waals surface area contributed by atoms with E-state index in [0.717, 1.165) is 31.1 Å². The van der Waals surface area contributed by atoms with E-state index in [1.165, 1.54) is 5.56 Å². The van der Waals surface area contributed by atoms with Crippen LogP contribution in [0.25, 0.3) is 0 Å². The summed E-state index contributed by atoms with van der Waals surface area (Å²) < 4.78 is 10.5. The molecule has 0 fully saturated rings. The summed E-state index contributed by atoms with van der Waals surface area (Å²) in [4.78, 5) is 2.15. The Morgan fingerprint density at radius 3 is 2.12 bits per heavy atom. The van der Waals surface area contributed by atoms with Gasteiger partial charge in [-0.15, -0.1) is 0 Å². The molecule has 0 aliphatic carbocycles. The predicted octanol–water partition coefficient (Wildman–Crippen LogP) is 1.35. The Labute approximate surface area is 104 Å². The molecule has 0 atom stereocenters. The third-order valence-electron chi connectivity index (χ3n) is 2.48. The van der Waals surface area contributed by atoms with Crippen molar-refractivity contribution in [2.45, 2.75) is 6.54 Å². The molecule has 0 aliphatic heterocycles. The SMILES string of the molecule is COc1cc(CNCCN(C)C)cc(OC)c1. The van der Waals surface area contributed by atoms with Crippen LogP contribution < -0.4 is 14.8 Å². The van der Waals surface area contributed by atoms with E-state index in [4.69, 9.17) is 9.47 Å². The third kappa shape index (κ3) is 5.06. The van der Waals surface area contributed by atoms with E-state index in [1.807, 2.05) is 18.2 Å². The average Bonchev–Trinajstić information content (AvgIpc) is 2.34. The Balaban J connectivity index is 2.51. The van der Waals surface area contributed by atoms with E-state index < -0.39 is 0 Å². The number of hydrogen-bond donors (Lipinski definition) is 1. The first-order valence-corrected chi connectivity index (χ1v) is 5.73. The Morgan fingerprint density at radius 1 is 1.06 bits per heavy atom. The molecule has 17 heavy (non-hydrogen) atoms. The van der Waals surface area contributed by atoms with Crippen molar-refractivity contribution in [3.63, 3.8) is 0 Å². The second-order valence-electron chi connectivity index (χ2n) is 4.20. The topological polar surface area (TPSA) is 33.7 Å². The van der Waals surface area contributed by atoms with Crippen molar-refractivity contribution in [2.24, 2.45) is 0 Å². The quantitative estimate of drug-likeness (QED) is 0.727. The van der Waals surface area contributed by atoms with Gasteiger partial charge in [-0.2, -0.15) is 0 Å². The average molecular weight is 238 g/mol. The lowest BCUT2D eigenvalue weighted by molar-refractivity contribution is 0.390. The molecule has 0 aliphatic rings. The zero-order valence-electron chi connectivity index (χ0n) is 11.1. The second-order valence-corrected chi connectivity index (χ2v) is 4.20. The monoisotopic (exact) mass is 238 g/mol. The smallest absolute Gasteiger partial charge is 0.122 e. The molecule has 1 aromatic rings. The maximum atomic E-state index is 5.23. The van der Waals surface area contributed by atoms with Crippen molar-refractivity contribution in [2.75, 3.05) is 41.4 Å². The fraction of sp³-hybridized carbons (Fsp3) is 0.538. The summed E-state index contributed by atoms with van der Waals surface area (Å²) in [6.45, 7) is 2.81. The summed E-state index contributed by atoms with van der Waals surface area (Å²) >= 11 is 0. The van der Waals surface area contributed by atoms with Crippen molar-refractivity contribution in [1.82, 2.24) is 10.2 Å². The lowest BCUT2D eigenvalue weighted by atomic mass is 10.2. The molecule has 4 nitrogen and oxygen atoms in total. The van der Waals surface area contributed by atoms with Crippen LogP contribution in [0.5, 0.6) is 11.5 Å². The van der Waals surface area contributed by atoms with E-state index in [2.05, 4.69) is 24.3 Å². The minimum Gasteiger partial charge on any atom is -0.497 e. The summed E-state index contributed by atoms with van der Waals surface area (Å²) in [6.07, 6.45) is 0. The molecule has 0 saturated carbocycles. The van der Waals surface area contributed by atoms with Gasteiger partial charge in [0.25, 0.3) is 0 Å². The molecule has 1 rings (SSSR count). The van der Waals surface area contributed by atoms with Gasteiger partial charge in [-0.1, -0.05) is 0 Å². The molecule has 1 aromatic carbocycles. The highest BCUT2D eigenvalue weighted by Gasteiger charge is 2.01. The number of hydrogen-bond acceptors (Lipinski definition) is 4. The predicted molar refractivity (Wildman–Crippen MR) is 69.8 cm³/mol. The van der Waals surface area contributed by atoms with Gasteiger partial charge in [0.1, 0.15) is 11.5 Å². The van der Waals surface area contributed by atoms with Gasteiger partial charge >= 0.3 is 0 Å². The number of nitrogens with zero attached hydrogens (tertiary/aromatic N) is 1. The van der Waals surface area contributed by atoms with E-state index >= 15 is 0 Å². The van der Waals surface area contributed by atoms with Gasteiger partial charge < -0.3 is 19.7 Å². The minimum absolute atomic E-state index is 0.821. The Morgan fingerprint density at radius 2 is 1.65 bits per heavy atom. The molecule has 0 amide bonds. The van der Waals surface area contributed by atoms with Crippen LogP contribution in [-0.4, -0.2) is 46.3 Å². The Kier molecular flexibility index (Phi) is 5.80. The number of nitrogens with one attached hydrogen (secondary N) is 1. The first-order chi connectivity index (χ1) is 8.15. The number of benzene rings is 1. The van der Waals surface area contributed by atoms with Crippen LogP contribution in [0, 0.1) is 0 Å². The van der Waals surface area contributed by atoms with Crippen LogP contribution in [0.2, 0.25) is 0 Å². The molecule has 0 spiro atoms. The highest BCUT2D eigenvalue weighted by Crippen LogP contribution is 2.22. The number of ether oxygens (including phenoxy) is 2. The van der Waals surface area contributed by atoms with Gasteiger partial charge in [0.05, 0.1) is 14.2 Å². The fourth-order valence-corrected chi connectivity index (χ4v) is 1.50. The summed E-state index contributed by atoms with van der Waals surface area (Å²) in [5.74, 6) is 1.66. The van der Waals surface area contributed by atoms with Gasteiger partial charge in [-0.05, 0) is 31.8 Å². The van der Waals surface area contributed by atoms with Gasteiger partial charge in [-0.25, -0.2) is 0 Å². The lowest BCUT2D eigenvalue weighted by Gasteiger charge is -2.12. The molecule has 1 N–H and O–H groups in total. The van der Waals surface area contributed by atoms with Crippen molar-refractivity contribution in [3.05, 3.63) is 23.8 Å². The molecule has 0 saturated heterocycles. The molecule has 96 valence electrons. The Hall–Kier alpha value is -1.26. The molecule has 0 aromatic heterocycles. The number of methoxy groups -OCH3 is 2. The molecule has 0 bridgehead atoms. The van der Waals surface area contributed by atoms with Crippen molar-refractivity contribution >= 4 is 0 Å². The second kappa shape index (κ2) is 7.14. The summed E-state index contributed by atoms with van der Waals surface area (Å²) in [7, 11) is 7.46. The van der Waals surface area contributed by atoms with Crippen molar-refractivity contribution in [3.8, 4) is 11.5 Å². The van der Waals surface area contributed by atoms with Crippen LogP contribution in [-0.2, 0) is 6.54 Å². The molecule has 4 heteroatoms. The van der Waals surface area contributed by atoms with Crippen molar-refractivity contribution in [1.29, 1.82) is 0 Å². The van der Waals surface area contributed by atoms with Gasteiger partial charge in [-0.3, -0.25) is 0 Å². The summed E-state index contributed by atoms with van der Waals surface area (Å²) in [6, 6.07) is 5.92. The Bertz CT molecular complexity index is 318. The highest BCUT2D eigenvalue weighted by atomic mass is 16.5. The number of rotatable bonds is 7. The van der Waals surface area contributed by atoms with E-state index in [9.17, 15) is 0 Å². The molecule has 0 heterocycles. The van der Waals surface area contributed by atoms with Crippen LogP contribution in [0.4, 0.5) is 0 Å². The third-order valence-corrected chi connectivity index (χ3v) is 2.48. The van der Waals surface area contributed by atoms with Gasteiger partial charge in [0, 0.05) is 25.7 Å². The highest BCUT2D eigenvalue weighted by molar-refractivity contribution is 5.38. The first kappa shape index (κ1) is 13.8. The molecule has 0 unspecified atom stereocenters. The fourth-order valence-electron chi connectivity index (χ4n) is 1.50. The summed E-state index contributed by atoms with van der Waals surface area (Å²) in [5, 5.41) is 3.38. The van der Waals surface area contributed by atoms with Crippen LogP contribution in [0.15, 0.2) is 18.2 Å². The van der Waals surface area contributed by atoms with Gasteiger partial charge in [0.15, 0.2) is 0 Å². The largest absolute Gasteiger partial charge is 0.497 e. The number of likely N-dealkylation sites (N-methyl/N-ethyl adjacent to an activating group) is 1. The van der Waals surface area contributed by atoms with E-state index in [0.29, 0.717) is 0 Å². The minimum atomic E-state index is 0.821.